The molecule has 2 aliphatic rings. The lowest BCUT2D eigenvalue weighted by molar-refractivity contribution is -0.139. The number of carbonyl (C=O) groups is 2. The number of aliphatic carboxylic acids is 1. The number of hydrogen-bond acceptors (Lipinski definition) is 5. The average Bonchev–Trinajstić information content (AvgIpc) is 3.05. The molecule has 0 aromatic heterocycles. The van der Waals surface area contributed by atoms with Crippen LogP contribution < -0.4 is 15.4 Å². The summed E-state index contributed by atoms with van der Waals surface area (Å²) in [5, 5.41) is 16.8. The highest BCUT2D eigenvalue weighted by Crippen LogP contribution is 2.32. The van der Waals surface area contributed by atoms with Gasteiger partial charge in [-0.25, -0.2) is 4.79 Å². The van der Waals surface area contributed by atoms with Gasteiger partial charge in [0.2, 0.25) is 0 Å². The molecular formula is C40H44N2O4. The smallest absolute Gasteiger partial charge is 0.326 e. The van der Waals surface area contributed by atoms with Crippen molar-refractivity contribution in [2.75, 3.05) is 18.5 Å². The van der Waals surface area contributed by atoms with Gasteiger partial charge < -0.3 is 20.5 Å². The highest BCUT2D eigenvalue weighted by atomic mass is 16.5. The largest absolute Gasteiger partial charge is 0.492 e. The van der Waals surface area contributed by atoms with E-state index in [9.17, 15) is 14.7 Å². The SMILES string of the molecule is CC1=C(C(=O)C2=CC(C)CC=C2NC(Cc2ccc(OCCNc3ccccc3-c3ccccc3C)cc2)C(=O)O)C=CCC1C. The number of nitrogens with one attached hydrogen (secondary N) is 2. The number of ether oxygens (including phenoxy) is 1. The average molecular weight is 617 g/mol. The third-order valence-corrected chi connectivity index (χ3v) is 8.90. The minimum atomic E-state index is -0.967. The summed E-state index contributed by atoms with van der Waals surface area (Å²) in [7, 11) is 0. The molecule has 3 aromatic carbocycles. The fourth-order valence-electron chi connectivity index (χ4n) is 6.00. The van der Waals surface area contributed by atoms with E-state index in [0.717, 1.165) is 41.0 Å². The summed E-state index contributed by atoms with van der Waals surface area (Å²) in [5.41, 5.74) is 8.44. The zero-order valence-electron chi connectivity index (χ0n) is 27.2. The number of anilines is 1. The number of carboxylic acids is 1. The molecule has 2 aliphatic carbocycles. The van der Waals surface area contributed by atoms with E-state index < -0.39 is 12.0 Å². The molecule has 0 saturated heterocycles. The summed E-state index contributed by atoms with van der Waals surface area (Å²) in [6.45, 7) is 9.43. The molecule has 0 spiro atoms. The van der Waals surface area contributed by atoms with Crippen molar-refractivity contribution in [1.82, 2.24) is 5.32 Å². The first-order valence-corrected chi connectivity index (χ1v) is 16.2. The molecule has 3 aromatic rings. The van der Waals surface area contributed by atoms with Crippen LogP contribution in [0.25, 0.3) is 11.1 Å². The van der Waals surface area contributed by atoms with Crippen LogP contribution in [0.4, 0.5) is 5.69 Å². The molecule has 0 aliphatic heterocycles. The Balaban J connectivity index is 1.18. The molecule has 5 rings (SSSR count). The van der Waals surface area contributed by atoms with E-state index in [0.29, 0.717) is 35.9 Å². The molecule has 0 radical (unpaired) electrons. The van der Waals surface area contributed by atoms with E-state index in [2.05, 4.69) is 61.7 Å². The van der Waals surface area contributed by atoms with Crippen LogP contribution in [0.1, 0.15) is 44.7 Å². The van der Waals surface area contributed by atoms with E-state index in [4.69, 9.17) is 4.74 Å². The maximum Gasteiger partial charge on any atom is 0.326 e. The molecule has 0 heterocycles. The van der Waals surface area contributed by atoms with E-state index in [1.54, 1.807) is 0 Å². The van der Waals surface area contributed by atoms with Crippen LogP contribution in [0, 0.1) is 18.8 Å². The van der Waals surface area contributed by atoms with E-state index in [1.807, 2.05) is 73.7 Å². The Morgan fingerprint density at radius 1 is 0.935 bits per heavy atom. The number of rotatable bonds is 13. The summed E-state index contributed by atoms with van der Waals surface area (Å²) in [4.78, 5) is 26.0. The molecular weight excluding hydrogens is 572 g/mol. The summed E-state index contributed by atoms with van der Waals surface area (Å²) < 4.78 is 5.99. The van der Waals surface area contributed by atoms with Crippen molar-refractivity contribution in [3.05, 3.63) is 131 Å². The van der Waals surface area contributed by atoms with Gasteiger partial charge >= 0.3 is 5.97 Å². The summed E-state index contributed by atoms with van der Waals surface area (Å²) in [6, 6.07) is 23.3. The maximum absolute atomic E-state index is 13.7. The Morgan fingerprint density at radius 2 is 1.65 bits per heavy atom. The lowest BCUT2D eigenvalue weighted by atomic mass is 9.83. The Hall–Kier alpha value is -4.84. The van der Waals surface area contributed by atoms with E-state index in [-0.39, 0.29) is 18.1 Å². The van der Waals surface area contributed by atoms with Crippen LogP contribution in [0.2, 0.25) is 0 Å². The highest BCUT2D eigenvalue weighted by molar-refractivity contribution is 6.13. The van der Waals surface area contributed by atoms with Crippen molar-refractivity contribution >= 4 is 17.4 Å². The fourth-order valence-corrected chi connectivity index (χ4v) is 6.00. The molecule has 3 N–H and O–H groups in total. The first kappa shape index (κ1) is 32.6. The van der Waals surface area contributed by atoms with Gasteiger partial charge in [0.05, 0.1) is 0 Å². The Bertz CT molecular complexity index is 1700. The third kappa shape index (κ3) is 7.86. The molecule has 0 amide bonds. The summed E-state index contributed by atoms with van der Waals surface area (Å²) in [6.07, 6.45) is 9.82. The number of hydrogen-bond donors (Lipinski definition) is 3. The molecule has 46 heavy (non-hydrogen) atoms. The molecule has 238 valence electrons. The van der Waals surface area contributed by atoms with Gasteiger partial charge in [-0.1, -0.05) is 98.3 Å². The molecule has 6 nitrogen and oxygen atoms in total. The minimum absolute atomic E-state index is 0.0515. The Labute approximate surface area is 272 Å². The van der Waals surface area contributed by atoms with E-state index >= 15 is 0 Å². The summed E-state index contributed by atoms with van der Waals surface area (Å²) in [5.74, 6) is 0.205. The van der Waals surface area contributed by atoms with Gasteiger partial charge in [-0.2, -0.15) is 0 Å². The van der Waals surface area contributed by atoms with Crippen LogP contribution >= 0.6 is 0 Å². The molecule has 0 bridgehead atoms. The van der Waals surface area contributed by atoms with Crippen molar-refractivity contribution < 1.29 is 19.4 Å². The normalized spacial score (nSPS) is 18.3. The Kier molecular flexibility index (Phi) is 10.6. The van der Waals surface area contributed by atoms with Gasteiger partial charge in [0.1, 0.15) is 18.4 Å². The second-order valence-corrected chi connectivity index (χ2v) is 12.4. The second-order valence-electron chi connectivity index (χ2n) is 12.4. The molecule has 0 fully saturated rings. The van der Waals surface area contributed by atoms with Crippen LogP contribution in [0.5, 0.6) is 5.75 Å². The van der Waals surface area contributed by atoms with Gasteiger partial charge in [0, 0.05) is 41.1 Å². The van der Waals surface area contributed by atoms with Crippen molar-refractivity contribution in [2.45, 2.75) is 53.0 Å². The van der Waals surface area contributed by atoms with Gasteiger partial charge in [-0.05, 0) is 73.4 Å². The maximum atomic E-state index is 13.7. The summed E-state index contributed by atoms with van der Waals surface area (Å²) >= 11 is 0. The van der Waals surface area contributed by atoms with Crippen LogP contribution in [-0.2, 0) is 16.0 Å². The first-order valence-electron chi connectivity index (χ1n) is 16.2. The fraction of sp³-hybridized carbons (Fsp3) is 0.300. The number of carboxylic acid groups (broad SMARTS) is 1. The van der Waals surface area contributed by atoms with Crippen LogP contribution in [-0.4, -0.2) is 36.1 Å². The standard InChI is InChI=1S/C40H44N2O4/c1-26-16-21-37(35(24-26)39(43)33-14-9-11-27(2)29(33)4)42-38(40(44)45)25-30-17-19-31(20-18-30)46-23-22-41-36-15-8-7-13-34(36)32-12-6-5-10-28(32)3/h5-10,12-15,17-21,24,26-27,38,41-42H,11,16,22-23,25H2,1-4H3,(H,44,45). The number of para-hydroxylation sites is 1. The number of benzene rings is 3. The number of allylic oxidation sites excluding steroid dienone is 7. The van der Waals surface area contributed by atoms with Gasteiger partial charge in [-0.15, -0.1) is 0 Å². The topological polar surface area (TPSA) is 87.7 Å². The molecule has 3 unspecified atom stereocenters. The zero-order chi connectivity index (χ0) is 32.6. The van der Waals surface area contributed by atoms with Crippen LogP contribution in [0.15, 0.2) is 120 Å². The lowest BCUT2D eigenvalue weighted by Gasteiger charge is -2.26. The van der Waals surface area contributed by atoms with Crippen LogP contribution in [0.3, 0.4) is 0 Å². The minimum Gasteiger partial charge on any atom is -0.492 e. The van der Waals surface area contributed by atoms with E-state index in [1.165, 1.54) is 11.1 Å². The number of Topliss-reactive ketones (excluding diaryl/α,β-unsaturated/α-hetero) is 1. The number of ketones is 1. The molecule has 3 atom stereocenters. The van der Waals surface area contributed by atoms with Crippen molar-refractivity contribution in [1.29, 1.82) is 0 Å². The van der Waals surface area contributed by atoms with Gasteiger partial charge in [-0.3, -0.25) is 4.79 Å². The molecule has 6 heteroatoms. The predicted octanol–water partition coefficient (Wildman–Crippen LogP) is 8.07. The first-order chi connectivity index (χ1) is 22.2. The van der Waals surface area contributed by atoms with Crippen molar-refractivity contribution in [3.8, 4) is 16.9 Å². The second kappa shape index (κ2) is 15.0. The van der Waals surface area contributed by atoms with Crippen molar-refractivity contribution in [3.63, 3.8) is 0 Å². The quantitative estimate of drug-likeness (QED) is 0.168. The van der Waals surface area contributed by atoms with Crippen molar-refractivity contribution in [2.24, 2.45) is 11.8 Å². The highest BCUT2D eigenvalue weighted by Gasteiger charge is 2.28. The monoisotopic (exact) mass is 616 g/mol. The third-order valence-electron chi connectivity index (χ3n) is 8.90. The number of aryl methyl sites for hydroxylation is 1. The van der Waals surface area contributed by atoms with Gasteiger partial charge in [0.25, 0.3) is 0 Å². The van der Waals surface area contributed by atoms with Gasteiger partial charge in [0.15, 0.2) is 5.78 Å². The zero-order valence-corrected chi connectivity index (χ0v) is 27.2. The molecule has 0 saturated carbocycles. The Morgan fingerprint density at radius 3 is 2.39 bits per heavy atom. The number of carbonyl (C=O) groups excluding carboxylic acids is 1. The lowest BCUT2D eigenvalue weighted by Crippen LogP contribution is -2.39. The predicted molar refractivity (Wildman–Crippen MR) is 186 cm³/mol.